The highest BCUT2D eigenvalue weighted by Crippen LogP contribution is 2.33. The molecule has 4 rings (SSSR count). The molecule has 0 saturated carbocycles. The van der Waals surface area contributed by atoms with E-state index in [1.165, 1.54) is 5.56 Å². The summed E-state index contributed by atoms with van der Waals surface area (Å²) in [4.78, 5) is 4.45. The van der Waals surface area contributed by atoms with Crippen LogP contribution in [0.5, 0.6) is 17.2 Å². The minimum Gasteiger partial charge on any atom is -0.497 e. The molecule has 1 aliphatic rings. The standard InChI is InChI=1S/C20H21N5O3/c1-26-16-5-2-14(3-6-16)8-9-21-20-24-19(13-22-25-20)23-15-4-7-17-18(12-15)28-11-10-27-17/h2-7,12-13H,8-11H2,1H3,(H2,21,23,24,25). The highest BCUT2D eigenvalue weighted by Gasteiger charge is 2.12. The second kappa shape index (κ2) is 8.43. The Bertz CT molecular complexity index is 933. The van der Waals surface area contributed by atoms with Crippen molar-refractivity contribution in [3.63, 3.8) is 0 Å². The van der Waals surface area contributed by atoms with Gasteiger partial charge in [0.1, 0.15) is 19.0 Å². The van der Waals surface area contributed by atoms with Gasteiger partial charge in [0.05, 0.1) is 13.3 Å². The summed E-state index contributed by atoms with van der Waals surface area (Å²) in [5, 5.41) is 14.4. The van der Waals surface area contributed by atoms with Crippen molar-refractivity contribution in [3.05, 3.63) is 54.2 Å². The van der Waals surface area contributed by atoms with E-state index in [0.29, 0.717) is 31.5 Å². The molecule has 2 N–H and O–H groups in total. The first-order chi connectivity index (χ1) is 13.8. The van der Waals surface area contributed by atoms with E-state index in [9.17, 15) is 0 Å². The molecular formula is C20H21N5O3. The third kappa shape index (κ3) is 4.40. The molecule has 144 valence electrons. The third-order valence-corrected chi connectivity index (χ3v) is 4.23. The Morgan fingerprint density at radius 2 is 1.86 bits per heavy atom. The Morgan fingerprint density at radius 1 is 1.04 bits per heavy atom. The van der Waals surface area contributed by atoms with Crippen LogP contribution < -0.4 is 24.8 Å². The van der Waals surface area contributed by atoms with Crippen molar-refractivity contribution in [2.45, 2.75) is 6.42 Å². The van der Waals surface area contributed by atoms with E-state index >= 15 is 0 Å². The van der Waals surface area contributed by atoms with Gasteiger partial charge in [0.25, 0.3) is 0 Å². The first-order valence-corrected chi connectivity index (χ1v) is 9.03. The Kier molecular flexibility index (Phi) is 5.37. The number of rotatable bonds is 7. The number of fused-ring (bicyclic) bond motifs is 1. The lowest BCUT2D eigenvalue weighted by atomic mass is 10.1. The zero-order valence-electron chi connectivity index (χ0n) is 15.5. The Hall–Kier alpha value is -3.55. The maximum atomic E-state index is 5.60. The van der Waals surface area contributed by atoms with Crippen LogP contribution in [0.4, 0.5) is 17.5 Å². The minimum absolute atomic E-state index is 0.469. The van der Waals surface area contributed by atoms with Crippen LogP contribution >= 0.6 is 0 Å². The van der Waals surface area contributed by atoms with Crippen LogP contribution in [-0.2, 0) is 6.42 Å². The molecule has 2 heterocycles. The maximum absolute atomic E-state index is 5.60. The average Bonchev–Trinajstić information content (AvgIpc) is 2.74. The number of benzene rings is 2. The largest absolute Gasteiger partial charge is 0.497 e. The molecule has 8 heteroatoms. The number of hydrogen-bond donors (Lipinski definition) is 2. The normalized spacial score (nSPS) is 12.3. The molecule has 1 aromatic heterocycles. The van der Waals surface area contributed by atoms with Crippen LogP contribution in [0.15, 0.2) is 48.7 Å². The lowest BCUT2D eigenvalue weighted by molar-refractivity contribution is 0.171. The predicted molar refractivity (Wildman–Crippen MR) is 106 cm³/mol. The zero-order chi connectivity index (χ0) is 19.2. The lowest BCUT2D eigenvalue weighted by Gasteiger charge is -2.19. The van der Waals surface area contributed by atoms with E-state index in [-0.39, 0.29) is 0 Å². The Labute approximate surface area is 162 Å². The number of ether oxygens (including phenoxy) is 3. The van der Waals surface area contributed by atoms with Crippen molar-refractivity contribution in [2.75, 3.05) is 37.5 Å². The van der Waals surface area contributed by atoms with Crippen molar-refractivity contribution in [1.29, 1.82) is 0 Å². The smallest absolute Gasteiger partial charge is 0.244 e. The predicted octanol–water partition coefficient (Wildman–Crippen LogP) is 3.05. The van der Waals surface area contributed by atoms with Gasteiger partial charge in [-0.3, -0.25) is 0 Å². The van der Waals surface area contributed by atoms with E-state index in [4.69, 9.17) is 14.2 Å². The summed E-state index contributed by atoms with van der Waals surface area (Å²) in [6.07, 6.45) is 2.42. The number of nitrogens with zero attached hydrogens (tertiary/aromatic N) is 3. The first kappa shape index (κ1) is 17.8. The molecule has 0 saturated heterocycles. The summed E-state index contributed by atoms with van der Waals surface area (Å²) in [6, 6.07) is 13.6. The summed E-state index contributed by atoms with van der Waals surface area (Å²) in [5.74, 6) is 3.38. The van der Waals surface area contributed by atoms with Crippen LogP contribution in [0.25, 0.3) is 0 Å². The van der Waals surface area contributed by atoms with Crippen molar-refractivity contribution >= 4 is 17.5 Å². The molecule has 0 atom stereocenters. The molecule has 8 nitrogen and oxygen atoms in total. The number of anilines is 3. The molecule has 28 heavy (non-hydrogen) atoms. The molecule has 0 bridgehead atoms. The molecule has 1 aliphatic heterocycles. The quantitative estimate of drug-likeness (QED) is 0.647. The molecule has 0 fully saturated rings. The fraction of sp³-hybridized carbons (Fsp3) is 0.250. The van der Waals surface area contributed by atoms with E-state index in [0.717, 1.165) is 29.4 Å². The Morgan fingerprint density at radius 3 is 2.68 bits per heavy atom. The second-order valence-electron chi connectivity index (χ2n) is 6.17. The zero-order valence-corrected chi connectivity index (χ0v) is 15.5. The summed E-state index contributed by atoms with van der Waals surface area (Å²) in [5.41, 5.74) is 2.04. The van der Waals surface area contributed by atoms with Crippen LogP contribution in [-0.4, -0.2) is 42.0 Å². The van der Waals surface area contributed by atoms with E-state index in [1.807, 2.05) is 42.5 Å². The van der Waals surface area contributed by atoms with Gasteiger partial charge in [-0.05, 0) is 36.2 Å². The molecule has 0 aliphatic carbocycles. The highest BCUT2D eigenvalue weighted by molar-refractivity contribution is 5.61. The molecule has 0 unspecified atom stereocenters. The fourth-order valence-corrected chi connectivity index (χ4v) is 2.82. The lowest BCUT2D eigenvalue weighted by Crippen LogP contribution is -2.15. The third-order valence-electron chi connectivity index (χ3n) is 4.23. The van der Waals surface area contributed by atoms with Gasteiger partial charge in [-0.15, -0.1) is 5.10 Å². The van der Waals surface area contributed by atoms with Crippen LogP contribution in [0.1, 0.15) is 5.56 Å². The van der Waals surface area contributed by atoms with Gasteiger partial charge in [0.2, 0.25) is 5.95 Å². The van der Waals surface area contributed by atoms with Crippen LogP contribution in [0.2, 0.25) is 0 Å². The van der Waals surface area contributed by atoms with Gasteiger partial charge >= 0.3 is 0 Å². The van der Waals surface area contributed by atoms with Crippen LogP contribution in [0, 0.1) is 0 Å². The van der Waals surface area contributed by atoms with Gasteiger partial charge < -0.3 is 24.8 Å². The number of hydrogen-bond acceptors (Lipinski definition) is 8. The molecular weight excluding hydrogens is 358 g/mol. The summed E-state index contributed by atoms with van der Waals surface area (Å²) in [6.45, 7) is 1.82. The van der Waals surface area contributed by atoms with E-state index in [2.05, 4.69) is 25.8 Å². The van der Waals surface area contributed by atoms with Crippen molar-refractivity contribution in [2.24, 2.45) is 0 Å². The van der Waals surface area contributed by atoms with Crippen LogP contribution in [0.3, 0.4) is 0 Å². The molecule has 0 radical (unpaired) electrons. The van der Waals surface area contributed by atoms with Gasteiger partial charge in [-0.25, -0.2) is 0 Å². The number of aromatic nitrogens is 3. The SMILES string of the molecule is COc1ccc(CCNc2nncc(Nc3ccc4c(c3)OCCO4)n2)cc1. The minimum atomic E-state index is 0.469. The second-order valence-corrected chi connectivity index (χ2v) is 6.17. The topological polar surface area (TPSA) is 90.4 Å². The molecule has 3 aromatic rings. The van der Waals surface area contributed by atoms with Gasteiger partial charge in [0, 0.05) is 18.3 Å². The fourth-order valence-electron chi connectivity index (χ4n) is 2.82. The Balaban J connectivity index is 1.35. The van der Waals surface area contributed by atoms with Gasteiger partial charge in [-0.2, -0.15) is 10.1 Å². The average molecular weight is 379 g/mol. The van der Waals surface area contributed by atoms with Crippen molar-refractivity contribution < 1.29 is 14.2 Å². The van der Waals surface area contributed by atoms with E-state index in [1.54, 1.807) is 13.3 Å². The number of methoxy groups -OCH3 is 1. The van der Waals surface area contributed by atoms with Gasteiger partial charge in [0.15, 0.2) is 17.3 Å². The molecule has 0 spiro atoms. The van der Waals surface area contributed by atoms with Crippen molar-refractivity contribution in [3.8, 4) is 17.2 Å². The highest BCUT2D eigenvalue weighted by atomic mass is 16.6. The molecule has 0 amide bonds. The summed E-state index contributed by atoms with van der Waals surface area (Å²) >= 11 is 0. The molecule has 2 aromatic carbocycles. The monoisotopic (exact) mass is 379 g/mol. The van der Waals surface area contributed by atoms with Crippen molar-refractivity contribution in [1.82, 2.24) is 15.2 Å². The summed E-state index contributed by atoms with van der Waals surface area (Å²) < 4.78 is 16.3. The summed E-state index contributed by atoms with van der Waals surface area (Å²) in [7, 11) is 1.66. The first-order valence-electron chi connectivity index (χ1n) is 9.03. The van der Waals surface area contributed by atoms with Gasteiger partial charge in [-0.1, -0.05) is 12.1 Å². The maximum Gasteiger partial charge on any atom is 0.244 e. The van der Waals surface area contributed by atoms with E-state index < -0.39 is 0 Å². The number of nitrogens with one attached hydrogen (secondary N) is 2.